The van der Waals surface area contributed by atoms with E-state index in [1.165, 1.54) is 5.56 Å². The average Bonchev–Trinajstić information content (AvgIpc) is 3.38. The van der Waals surface area contributed by atoms with Crippen LogP contribution in [0.25, 0.3) is 5.82 Å². The number of hydrogen-bond acceptors (Lipinski definition) is 4. The number of nitrogens with zero attached hydrogens (tertiary/aromatic N) is 5. The van der Waals surface area contributed by atoms with Crippen molar-refractivity contribution in [2.75, 3.05) is 0 Å². The molecule has 0 spiro atoms. The SMILES string of the molecule is Cc1ccc(Cn2nnc(C(=O)NCc3cccnc3)c2-n2cccc2)cc1. The number of pyridine rings is 1. The van der Waals surface area contributed by atoms with Crippen LogP contribution in [0.5, 0.6) is 0 Å². The smallest absolute Gasteiger partial charge is 0.276 e. The highest BCUT2D eigenvalue weighted by atomic mass is 16.2. The molecule has 0 saturated carbocycles. The Kier molecular flexibility index (Phi) is 4.97. The fraction of sp³-hybridized carbons (Fsp3) is 0.143. The summed E-state index contributed by atoms with van der Waals surface area (Å²) in [5.74, 6) is 0.358. The number of amides is 1. The Hall–Kier alpha value is -3.74. The molecule has 1 amide bonds. The molecule has 7 nitrogen and oxygen atoms in total. The molecule has 0 aliphatic carbocycles. The summed E-state index contributed by atoms with van der Waals surface area (Å²) in [7, 11) is 0. The van der Waals surface area contributed by atoms with Gasteiger partial charge in [-0.1, -0.05) is 41.1 Å². The van der Waals surface area contributed by atoms with Crippen LogP contribution in [0.3, 0.4) is 0 Å². The van der Waals surface area contributed by atoms with E-state index in [-0.39, 0.29) is 11.6 Å². The molecule has 0 atom stereocenters. The van der Waals surface area contributed by atoms with Crippen LogP contribution in [0.15, 0.2) is 73.3 Å². The standard InChI is InChI=1S/C21H20N6O/c1-16-6-8-17(9-7-16)15-27-21(26-11-2-3-12-26)19(24-25-27)20(28)23-14-18-5-4-10-22-13-18/h2-13H,14-15H2,1H3,(H,23,28). The van der Waals surface area contributed by atoms with Gasteiger partial charge in [0.25, 0.3) is 5.91 Å². The van der Waals surface area contributed by atoms with Crippen LogP contribution in [0, 0.1) is 6.92 Å². The number of rotatable bonds is 6. The Balaban J connectivity index is 1.61. The molecule has 140 valence electrons. The Labute approximate surface area is 162 Å². The van der Waals surface area contributed by atoms with Crippen molar-refractivity contribution in [1.82, 2.24) is 29.9 Å². The highest BCUT2D eigenvalue weighted by Crippen LogP contribution is 2.15. The molecule has 0 saturated heterocycles. The van der Waals surface area contributed by atoms with Crippen LogP contribution in [-0.4, -0.2) is 30.5 Å². The van der Waals surface area contributed by atoms with Gasteiger partial charge in [-0.05, 0) is 36.2 Å². The van der Waals surface area contributed by atoms with Crippen molar-refractivity contribution in [2.45, 2.75) is 20.0 Å². The van der Waals surface area contributed by atoms with Gasteiger partial charge in [-0.2, -0.15) is 0 Å². The molecule has 0 bridgehead atoms. The fourth-order valence-electron chi connectivity index (χ4n) is 2.93. The summed E-state index contributed by atoms with van der Waals surface area (Å²) in [5.41, 5.74) is 3.49. The predicted molar refractivity (Wildman–Crippen MR) is 105 cm³/mol. The zero-order valence-corrected chi connectivity index (χ0v) is 15.5. The molecule has 7 heteroatoms. The first-order valence-electron chi connectivity index (χ1n) is 9.00. The molecule has 1 aromatic carbocycles. The second kappa shape index (κ2) is 7.87. The van der Waals surface area contributed by atoms with Crippen molar-refractivity contribution >= 4 is 5.91 Å². The van der Waals surface area contributed by atoms with Crippen LogP contribution < -0.4 is 5.32 Å². The van der Waals surface area contributed by atoms with Crippen molar-refractivity contribution < 1.29 is 4.79 Å². The number of carbonyl (C=O) groups excluding carboxylic acids is 1. The minimum Gasteiger partial charge on any atom is -0.346 e. The van der Waals surface area contributed by atoms with Gasteiger partial charge < -0.3 is 9.88 Å². The van der Waals surface area contributed by atoms with Gasteiger partial charge in [-0.15, -0.1) is 5.10 Å². The maximum Gasteiger partial charge on any atom is 0.276 e. The lowest BCUT2D eigenvalue weighted by Gasteiger charge is -2.10. The van der Waals surface area contributed by atoms with Crippen molar-refractivity contribution in [3.05, 3.63) is 95.7 Å². The second-order valence-corrected chi connectivity index (χ2v) is 6.54. The van der Waals surface area contributed by atoms with Gasteiger partial charge in [0.05, 0.1) is 6.54 Å². The Morgan fingerprint density at radius 2 is 1.82 bits per heavy atom. The monoisotopic (exact) mass is 372 g/mol. The molecule has 1 N–H and O–H groups in total. The maximum absolute atomic E-state index is 12.8. The third kappa shape index (κ3) is 3.83. The Morgan fingerprint density at radius 1 is 1.04 bits per heavy atom. The summed E-state index contributed by atoms with van der Waals surface area (Å²) < 4.78 is 3.59. The van der Waals surface area contributed by atoms with Gasteiger partial charge in [0.1, 0.15) is 0 Å². The van der Waals surface area contributed by atoms with Gasteiger partial charge in [-0.25, -0.2) is 4.68 Å². The third-order valence-corrected chi connectivity index (χ3v) is 4.40. The van der Waals surface area contributed by atoms with E-state index in [4.69, 9.17) is 0 Å². The Morgan fingerprint density at radius 3 is 2.54 bits per heavy atom. The molecule has 28 heavy (non-hydrogen) atoms. The van der Waals surface area contributed by atoms with E-state index < -0.39 is 0 Å². The Bertz CT molecular complexity index is 1050. The van der Waals surface area contributed by atoms with Crippen molar-refractivity contribution in [3.63, 3.8) is 0 Å². The summed E-state index contributed by atoms with van der Waals surface area (Å²) in [5, 5.41) is 11.3. The van der Waals surface area contributed by atoms with Crippen molar-refractivity contribution in [2.24, 2.45) is 0 Å². The van der Waals surface area contributed by atoms with Crippen LogP contribution in [0.2, 0.25) is 0 Å². The second-order valence-electron chi connectivity index (χ2n) is 6.54. The van der Waals surface area contributed by atoms with Crippen molar-refractivity contribution in [3.8, 4) is 5.82 Å². The van der Waals surface area contributed by atoms with Gasteiger partial charge in [-0.3, -0.25) is 9.78 Å². The fourth-order valence-corrected chi connectivity index (χ4v) is 2.93. The van der Waals surface area contributed by atoms with Crippen molar-refractivity contribution in [1.29, 1.82) is 0 Å². The van der Waals surface area contributed by atoms with E-state index in [1.54, 1.807) is 17.1 Å². The maximum atomic E-state index is 12.8. The molecule has 0 radical (unpaired) electrons. The lowest BCUT2D eigenvalue weighted by atomic mass is 10.1. The van der Waals surface area contributed by atoms with Crippen LogP contribution in [0.4, 0.5) is 0 Å². The molecule has 4 rings (SSSR count). The number of carbonyl (C=O) groups is 1. The molecule has 3 heterocycles. The number of nitrogens with one attached hydrogen (secondary N) is 1. The van der Waals surface area contributed by atoms with E-state index in [1.807, 2.05) is 41.2 Å². The average molecular weight is 372 g/mol. The summed E-state index contributed by atoms with van der Waals surface area (Å²) in [4.78, 5) is 16.8. The molecular formula is C21H20N6O. The lowest BCUT2D eigenvalue weighted by molar-refractivity contribution is 0.0946. The number of aromatic nitrogens is 5. The number of benzene rings is 1. The molecule has 0 aliphatic rings. The minimum absolute atomic E-state index is 0.275. The summed E-state index contributed by atoms with van der Waals surface area (Å²) >= 11 is 0. The van der Waals surface area contributed by atoms with Gasteiger partial charge in [0, 0.05) is 31.3 Å². The van der Waals surface area contributed by atoms with Crippen LogP contribution in [0.1, 0.15) is 27.2 Å². The van der Waals surface area contributed by atoms with E-state index in [0.717, 1.165) is 11.1 Å². The zero-order valence-electron chi connectivity index (χ0n) is 15.5. The largest absolute Gasteiger partial charge is 0.346 e. The summed E-state index contributed by atoms with van der Waals surface area (Å²) in [6, 6.07) is 15.8. The topological polar surface area (TPSA) is 77.6 Å². The zero-order chi connectivity index (χ0) is 19.3. The van der Waals surface area contributed by atoms with E-state index >= 15 is 0 Å². The summed E-state index contributed by atoms with van der Waals surface area (Å²) in [6.45, 7) is 2.95. The molecule has 0 unspecified atom stereocenters. The van der Waals surface area contributed by atoms with E-state index in [9.17, 15) is 4.79 Å². The van der Waals surface area contributed by atoms with E-state index in [2.05, 4.69) is 51.8 Å². The number of hydrogen-bond donors (Lipinski definition) is 1. The quantitative estimate of drug-likeness (QED) is 0.565. The van der Waals surface area contributed by atoms with Crippen LogP contribution >= 0.6 is 0 Å². The first kappa shape index (κ1) is 17.7. The van der Waals surface area contributed by atoms with Gasteiger partial charge in [0.2, 0.25) is 0 Å². The minimum atomic E-state index is -0.275. The van der Waals surface area contributed by atoms with E-state index in [0.29, 0.717) is 18.9 Å². The third-order valence-electron chi connectivity index (χ3n) is 4.40. The highest BCUT2D eigenvalue weighted by Gasteiger charge is 2.21. The van der Waals surface area contributed by atoms with Gasteiger partial charge in [0.15, 0.2) is 11.5 Å². The highest BCUT2D eigenvalue weighted by molar-refractivity contribution is 5.95. The molecule has 0 aliphatic heterocycles. The normalized spacial score (nSPS) is 10.8. The lowest BCUT2D eigenvalue weighted by Crippen LogP contribution is -2.25. The predicted octanol–water partition coefficient (Wildman–Crippen LogP) is 2.75. The first-order valence-corrected chi connectivity index (χ1v) is 9.00. The molecule has 3 aromatic heterocycles. The summed E-state index contributed by atoms with van der Waals surface area (Å²) in [6.07, 6.45) is 7.18. The molecule has 4 aromatic rings. The van der Waals surface area contributed by atoms with Crippen LogP contribution in [-0.2, 0) is 13.1 Å². The van der Waals surface area contributed by atoms with Gasteiger partial charge >= 0.3 is 0 Å². The molecule has 0 fully saturated rings. The first-order chi connectivity index (χ1) is 13.7. The number of aryl methyl sites for hydroxylation is 1. The molecular weight excluding hydrogens is 352 g/mol.